The molecule has 4 atom stereocenters. The van der Waals surface area contributed by atoms with E-state index in [1.165, 1.54) is 0 Å². The Morgan fingerprint density at radius 2 is 0.471 bits per heavy atom. The minimum absolute atomic E-state index is 0.687. The van der Waals surface area contributed by atoms with Gasteiger partial charge in [-0.2, -0.15) is 0 Å². The molecule has 13 rings (SSSR count). The smallest absolute Gasteiger partial charge is 0.241 e. The van der Waals surface area contributed by atoms with Gasteiger partial charge in [0.2, 0.25) is 25.7 Å². The summed E-state index contributed by atoms with van der Waals surface area (Å²) < 4.78 is 33.8. The summed E-state index contributed by atoms with van der Waals surface area (Å²) in [6.07, 6.45) is -13.8. The van der Waals surface area contributed by atoms with Gasteiger partial charge in [0, 0.05) is 43.5 Å². The molecule has 0 fully saturated rings. The van der Waals surface area contributed by atoms with E-state index >= 15 is 0 Å². The van der Waals surface area contributed by atoms with Crippen LogP contribution in [-0.2, 0) is 47.2 Å². The quantitative estimate of drug-likeness (QED) is 0.151. The molecule has 0 amide bonds. The zero-order valence-electron chi connectivity index (χ0n) is 35.7. The van der Waals surface area contributed by atoms with Gasteiger partial charge in [-0.25, -0.2) is 8.88 Å². The number of para-hydroxylation sites is 4. The highest BCUT2D eigenvalue weighted by Gasteiger charge is 2.52. The molecule has 0 saturated heterocycles. The van der Waals surface area contributed by atoms with E-state index in [9.17, 15) is 0 Å². The fourth-order valence-electron chi connectivity index (χ4n) is 9.82. The van der Waals surface area contributed by atoms with Gasteiger partial charge >= 0.3 is 0 Å². The molecule has 6 nitrogen and oxygen atoms in total. The molecule has 0 radical (unpaired) electrons. The van der Waals surface area contributed by atoms with E-state index in [1.807, 2.05) is 127 Å². The monoisotopic (exact) mass is 1030 g/mol. The van der Waals surface area contributed by atoms with Gasteiger partial charge in [-0.15, -0.1) is 0 Å². The van der Waals surface area contributed by atoms with Gasteiger partial charge in [0.05, 0.1) is 11.4 Å². The predicted molar refractivity (Wildman–Crippen MR) is 297 cm³/mol. The Bertz CT molecular complexity index is 3350. The standard InChI is InChI=1S/C54H36N2O4P4S4/c65-61(51-32-13-5-24-43(51)39-20-1-9-28-47(39)57-61)55(62(66)52-33-14-6-25-44(52)40-21-2-10-29-48(40)58-62)37-18-17-19-38(36-37)56(63(67)53-34-15-7-26-45(53)41-22-3-11-30-49(41)59-63)64(68)54-35-16-8-27-46(54)42-23-4-12-31-50(42)60-64/h1-36H. The lowest BCUT2D eigenvalue weighted by atomic mass is 10.0. The summed E-state index contributed by atoms with van der Waals surface area (Å²) in [7, 11) is 0. The molecule has 4 aliphatic heterocycles. The number of nitrogens with zero attached hydrogens (tertiary/aromatic N) is 2. The zero-order valence-corrected chi connectivity index (χ0v) is 42.6. The molecule has 0 bridgehead atoms. The maximum absolute atomic E-state index is 7.37. The lowest BCUT2D eigenvalue weighted by Crippen LogP contribution is -2.37. The predicted octanol–water partition coefficient (Wildman–Crippen LogP) is 14.1. The summed E-state index contributed by atoms with van der Waals surface area (Å²) in [4.78, 5) is 0. The van der Waals surface area contributed by atoms with Crippen LogP contribution in [0.1, 0.15) is 0 Å². The minimum atomic E-state index is -3.44. The second-order valence-corrected chi connectivity index (χ2v) is 31.6. The third-order valence-electron chi connectivity index (χ3n) is 12.7. The van der Waals surface area contributed by atoms with Crippen molar-refractivity contribution in [3.8, 4) is 67.5 Å². The number of benzene rings is 9. The maximum atomic E-state index is 7.37. The molecule has 4 aliphatic rings. The first-order valence-electron chi connectivity index (χ1n) is 21.9. The highest BCUT2D eigenvalue weighted by atomic mass is 32.5. The van der Waals surface area contributed by atoms with Crippen LogP contribution in [0.15, 0.2) is 218 Å². The SMILES string of the molecule is S=P1(N(c2cccc(N(P3(=S)Oc4ccccc4-c4ccccc43)P3(=S)Oc4ccccc4-c4ccccc43)c2)P2(=S)Oc3ccccc3-c3ccccc32)Oc2ccccc2-c2ccccc21. The summed E-state index contributed by atoms with van der Waals surface area (Å²) in [5, 5.41) is 3.51. The van der Waals surface area contributed by atoms with Gasteiger partial charge in [0.15, 0.2) is 0 Å². The van der Waals surface area contributed by atoms with Crippen LogP contribution in [0, 0.1) is 0 Å². The van der Waals surface area contributed by atoms with Crippen LogP contribution in [0.3, 0.4) is 0 Å². The van der Waals surface area contributed by atoms with Crippen molar-refractivity contribution in [3.63, 3.8) is 0 Å². The summed E-state index contributed by atoms with van der Waals surface area (Å²) in [6.45, 7) is 0. The summed E-state index contributed by atoms with van der Waals surface area (Å²) >= 11 is 28.7. The van der Waals surface area contributed by atoms with Crippen molar-refractivity contribution in [1.29, 1.82) is 0 Å². The molecule has 4 unspecified atom stereocenters. The van der Waals surface area contributed by atoms with Crippen LogP contribution < -0.4 is 48.2 Å². The minimum Gasteiger partial charge on any atom is -0.444 e. The van der Waals surface area contributed by atoms with Gasteiger partial charge in [0.1, 0.15) is 23.0 Å². The topological polar surface area (TPSA) is 43.4 Å². The Hall–Kier alpha value is -5.62. The van der Waals surface area contributed by atoms with E-state index in [-0.39, 0.29) is 0 Å². The first kappa shape index (κ1) is 42.5. The van der Waals surface area contributed by atoms with Crippen LogP contribution >= 0.6 is 25.7 Å². The molecular formula is C54H36N2O4P4S4. The number of rotatable bonds is 6. The number of hydrogen-bond acceptors (Lipinski definition) is 8. The van der Waals surface area contributed by atoms with E-state index in [2.05, 4.69) is 99.9 Å². The fourth-order valence-corrected chi connectivity index (χ4v) is 30.5. The zero-order chi connectivity index (χ0) is 45.8. The Balaban J connectivity index is 1.10. The molecule has 4 heterocycles. The Kier molecular flexibility index (Phi) is 9.98. The van der Waals surface area contributed by atoms with Gasteiger partial charge in [-0.3, -0.25) is 0 Å². The molecule has 330 valence electrons. The Morgan fingerprint density at radius 1 is 0.250 bits per heavy atom. The molecule has 0 aliphatic carbocycles. The normalized spacial score (nSPS) is 21.9. The van der Waals surface area contributed by atoms with Gasteiger partial charge in [0.25, 0.3) is 0 Å². The van der Waals surface area contributed by atoms with Crippen LogP contribution in [0.25, 0.3) is 44.5 Å². The summed E-state index contributed by atoms with van der Waals surface area (Å²) in [6, 6.07) is 73.7. The molecule has 0 spiro atoms. The number of anilines is 2. The van der Waals surface area contributed by atoms with Crippen molar-refractivity contribution >= 4 is 105 Å². The molecule has 9 aromatic rings. The summed E-state index contributed by atoms with van der Waals surface area (Å²) in [5.41, 5.74) is 9.24. The molecule has 68 heavy (non-hydrogen) atoms. The first-order valence-corrected chi connectivity index (χ1v) is 32.6. The van der Waals surface area contributed by atoms with E-state index in [0.29, 0.717) is 34.4 Å². The maximum Gasteiger partial charge on any atom is 0.241 e. The van der Waals surface area contributed by atoms with Crippen LogP contribution in [0.5, 0.6) is 23.0 Å². The third-order valence-corrected chi connectivity index (χ3v) is 31.1. The van der Waals surface area contributed by atoms with Crippen molar-refractivity contribution in [1.82, 2.24) is 0 Å². The number of fused-ring (bicyclic) bond motifs is 12. The Labute approximate surface area is 415 Å². The van der Waals surface area contributed by atoms with Crippen molar-refractivity contribution in [2.75, 3.05) is 8.88 Å². The van der Waals surface area contributed by atoms with Gasteiger partial charge in [-0.05, 0) is 136 Å². The van der Waals surface area contributed by atoms with Crippen LogP contribution in [0.4, 0.5) is 11.4 Å². The van der Waals surface area contributed by atoms with E-state index in [4.69, 9.17) is 65.3 Å². The molecule has 0 aromatic heterocycles. The highest BCUT2D eigenvalue weighted by molar-refractivity contribution is 8.28. The van der Waals surface area contributed by atoms with Crippen LogP contribution in [0.2, 0.25) is 0 Å². The Morgan fingerprint density at radius 3 is 0.735 bits per heavy atom. The van der Waals surface area contributed by atoms with Crippen molar-refractivity contribution in [2.24, 2.45) is 0 Å². The lowest BCUT2D eigenvalue weighted by Gasteiger charge is -2.48. The second kappa shape index (κ2) is 16.0. The third kappa shape index (κ3) is 6.26. The molecule has 14 heteroatoms. The van der Waals surface area contributed by atoms with Crippen molar-refractivity contribution < 1.29 is 18.1 Å². The molecular weight excluding hydrogens is 993 g/mol. The van der Waals surface area contributed by atoms with Crippen molar-refractivity contribution in [2.45, 2.75) is 0 Å². The van der Waals surface area contributed by atoms with Gasteiger partial charge in [-0.1, -0.05) is 152 Å². The average molecular weight is 1030 g/mol. The van der Waals surface area contributed by atoms with Crippen molar-refractivity contribution in [3.05, 3.63) is 218 Å². The second-order valence-electron chi connectivity index (χ2n) is 16.6. The molecule has 0 saturated carbocycles. The fraction of sp³-hybridized carbons (Fsp3) is 0. The van der Waals surface area contributed by atoms with Crippen LogP contribution in [-0.4, -0.2) is 0 Å². The highest BCUT2D eigenvalue weighted by Crippen LogP contribution is 2.75. The van der Waals surface area contributed by atoms with E-state index < -0.39 is 25.7 Å². The molecule has 0 N–H and O–H groups in total. The number of hydrogen-bond donors (Lipinski definition) is 0. The largest absolute Gasteiger partial charge is 0.444 e. The average Bonchev–Trinajstić information content (AvgIpc) is 3.37. The van der Waals surface area contributed by atoms with E-state index in [1.54, 1.807) is 0 Å². The van der Waals surface area contributed by atoms with Gasteiger partial charge < -0.3 is 18.1 Å². The summed E-state index contributed by atoms with van der Waals surface area (Å²) in [5.74, 6) is 2.75. The first-order chi connectivity index (χ1) is 33.2. The van der Waals surface area contributed by atoms with E-state index in [0.717, 1.165) is 65.7 Å². The lowest BCUT2D eigenvalue weighted by molar-refractivity contribution is 0.605. The molecule has 9 aromatic carbocycles.